The quantitative estimate of drug-likeness (QED) is 0.718. The molecule has 0 aliphatic carbocycles. The topological polar surface area (TPSA) is 69.0 Å². The first-order valence-electron chi connectivity index (χ1n) is 9.68. The summed E-state index contributed by atoms with van der Waals surface area (Å²) < 4.78 is 7.64. The van der Waals surface area contributed by atoms with Gasteiger partial charge in [-0.2, -0.15) is 0 Å². The van der Waals surface area contributed by atoms with Crippen LogP contribution in [0.2, 0.25) is 0 Å². The van der Waals surface area contributed by atoms with Gasteiger partial charge in [0.25, 0.3) is 5.91 Å². The Morgan fingerprint density at radius 3 is 2.86 bits per heavy atom. The van der Waals surface area contributed by atoms with E-state index in [1.807, 2.05) is 54.2 Å². The summed E-state index contributed by atoms with van der Waals surface area (Å²) in [6.45, 7) is 3.58. The Morgan fingerprint density at radius 2 is 2.11 bits per heavy atom. The third kappa shape index (κ3) is 4.28. The van der Waals surface area contributed by atoms with Crippen LogP contribution in [0.1, 0.15) is 36.6 Å². The number of carbonyl (C=O) groups excluding carboxylic acids is 1. The molecule has 0 saturated carbocycles. The first-order chi connectivity index (χ1) is 13.7. The SMILES string of the molecule is Cc1cc(NC(=O)c2ccccc2)ccc1-c1cn(CC2CCCCO2)nn1.[HH]. The molecule has 0 radical (unpaired) electrons. The van der Waals surface area contributed by atoms with Gasteiger partial charge in [0, 0.05) is 24.8 Å². The maximum Gasteiger partial charge on any atom is 0.255 e. The van der Waals surface area contributed by atoms with Crippen LogP contribution in [0, 0.1) is 6.92 Å². The summed E-state index contributed by atoms with van der Waals surface area (Å²) in [5.41, 5.74) is 4.27. The fourth-order valence-electron chi connectivity index (χ4n) is 3.49. The van der Waals surface area contributed by atoms with Gasteiger partial charge in [-0.1, -0.05) is 29.5 Å². The van der Waals surface area contributed by atoms with Crippen LogP contribution in [-0.4, -0.2) is 33.6 Å². The molecule has 6 heteroatoms. The molecule has 4 rings (SSSR count). The number of aryl methyl sites for hydroxylation is 1. The minimum atomic E-state index is -0.119. The summed E-state index contributed by atoms with van der Waals surface area (Å²) in [4.78, 5) is 12.3. The number of amides is 1. The van der Waals surface area contributed by atoms with Crippen molar-refractivity contribution in [2.75, 3.05) is 11.9 Å². The van der Waals surface area contributed by atoms with Crippen molar-refractivity contribution in [2.45, 2.75) is 38.8 Å². The maximum atomic E-state index is 12.3. The van der Waals surface area contributed by atoms with Crippen LogP contribution in [0.25, 0.3) is 11.3 Å². The van der Waals surface area contributed by atoms with Crippen LogP contribution in [0.4, 0.5) is 5.69 Å². The Hall–Kier alpha value is -2.99. The summed E-state index contributed by atoms with van der Waals surface area (Å²) in [5.74, 6) is -0.119. The van der Waals surface area contributed by atoms with Gasteiger partial charge in [-0.25, -0.2) is 4.68 Å². The largest absolute Gasteiger partial charge is 0.376 e. The molecule has 146 valence electrons. The third-order valence-corrected chi connectivity index (χ3v) is 5.00. The van der Waals surface area contributed by atoms with E-state index in [0.717, 1.165) is 48.5 Å². The smallest absolute Gasteiger partial charge is 0.255 e. The van der Waals surface area contributed by atoms with Crippen molar-refractivity contribution in [2.24, 2.45) is 0 Å². The molecule has 1 saturated heterocycles. The summed E-state index contributed by atoms with van der Waals surface area (Å²) in [5, 5.41) is 11.5. The van der Waals surface area contributed by atoms with E-state index in [0.29, 0.717) is 5.56 Å². The zero-order chi connectivity index (χ0) is 19.3. The van der Waals surface area contributed by atoms with Gasteiger partial charge < -0.3 is 10.1 Å². The van der Waals surface area contributed by atoms with Gasteiger partial charge in [-0.15, -0.1) is 5.10 Å². The molecular formula is C22H26N4O2. The Bertz CT molecular complexity index is 952. The van der Waals surface area contributed by atoms with Crippen molar-refractivity contribution >= 4 is 11.6 Å². The Labute approximate surface area is 166 Å². The molecule has 1 aromatic heterocycles. The van der Waals surface area contributed by atoms with Crippen LogP contribution < -0.4 is 5.32 Å². The molecule has 1 unspecified atom stereocenters. The number of anilines is 1. The highest BCUT2D eigenvalue weighted by atomic mass is 16.5. The van der Waals surface area contributed by atoms with E-state index in [2.05, 4.69) is 15.6 Å². The number of nitrogens with zero attached hydrogens (tertiary/aromatic N) is 3. The molecule has 6 nitrogen and oxygen atoms in total. The molecule has 2 heterocycles. The van der Waals surface area contributed by atoms with Crippen LogP contribution in [0.3, 0.4) is 0 Å². The number of hydrogen-bond acceptors (Lipinski definition) is 4. The summed E-state index contributed by atoms with van der Waals surface area (Å²) >= 11 is 0. The lowest BCUT2D eigenvalue weighted by atomic mass is 10.1. The van der Waals surface area contributed by atoms with Crippen LogP contribution in [0.5, 0.6) is 0 Å². The number of carbonyl (C=O) groups is 1. The van der Waals surface area contributed by atoms with Crippen LogP contribution >= 0.6 is 0 Å². The molecule has 1 N–H and O–H groups in total. The van der Waals surface area contributed by atoms with Gasteiger partial charge >= 0.3 is 0 Å². The van der Waals surface area contributed by atoms with Gasteiger partial charge in [0.2, 0.25) is 0 Å². The highest BCUT2D eigenvalue weighted by molar-refractivity contribution is 6.04. The molecule has 1 amide bonds. The molecule has 1 aliphatic rings. The monoisotopic (exact) mass is 378 g/mol. The molecule has 1 atom stereocenters. The van der Waals surface area contributed by atoms with E-state index >= 15 is 0 Å². The number of nitrogens with one attached hydrogen (secondary N) is 1. The lowest BCUT2D eigenvalue weighted by molar-refractivity contribution is 0.00370. The van der Waals surface area contributed by atoms with E-state index in [1.165, 1.54) is 6.42 Å². The predicted octanol–water partition coefficient (Wildman–Crippen LogP) is 4.32. The number of aromatic nitrogens is 3. The number of benzene rings is 2. The summed E-state index contributed by atoms with van der Waals surface area (Å²) in [6.07, 6.45) is 5.61. The average Bonchev–Trinajstić information content (AvgIpc) is 3.17. The van der Waals surface area contributed by atoms with Crippen molar-refractivity contribution in [1.29, 1.82) is 0 Å². The number of ether oxygens (including phenoxy) is 1. The van der Waals surface area contributed by atoms with E-state index in [9.17, 15) is 4.79 Å². The zero-order valence-corrected chi connectivity index (χ0v) is 16.0. The van der Waals surface area contributed by atoms with Crippen molar-refractivity contribution in [1.82, 2.24) is 15.0 Å². The molecule has 2 aromatic carbocycles. The van der Waals surface area contributed by atoms with Gasteiger partial charge in [-0.05, 0) is 56.0 Å². The summed E-state index contributed by atoms with van der Waals surface area (Å²) in [6, 6.07) is 15.0. The van der Waals surface area contributed by atoms with Crippen molar-refractivity contribution in [3.8, 4) is 11.3 Å². The third-order valence-electron chi connectivity index (χ3n) is 5.00. The Kier molecular flexibility index (Phi) is 5.48. The predicted molar refractivity (Wildman–Crippen MR) is 110 cm³/mol. The Morgan fingerprint density at radius 1 is 1.25 bits per heavy atom. The number of hydrogen-bond donors (Lipinski definition) is 1. The first kappa shape index (κ1) is 18.4. The average molecular weight is 378 g/mol. The van der Waals surface area contributed by atoms with Gasteiger partial charge in [-0.3, -0.25) is 4.79 Å². The van der Waals surface area contributed by atoms with Crippen molar-refractivity contribution < 1.29 is 11.0 Å². The highest BCUT2D eigenvalue weighted by Crippen LogP contribution is 2.25. The van der Waals surface area contributed by atoms with Crippen LogP contribution in [0.15, 0.2) is 54.7 Å². The standard InChI is InChI=1S/C22H24N4O2.H2/c1-16-13-18(23-22(27)17-7-3-2-4-8-17)10-11-20(16)21-15-26(25-24-21)14-19-9-5-6-12-28-19;/h2-4,7-8,10-11,13,15,19H,5-6,9,12,14H2,1H3,(H,23,27);1H. The van der Waals surface area contributed by atoms with Gasteiger partial charge in [0.05, 0.1) is 18.8 Å². The zero-order valence-electron chi connectivity index (χ0n) is 16.0. The second kappa shape index (κ2) is 8.35. The Balaban J connectivity index is 0.00000240. The van der Waals surface area contributed by atoms with Crippen molar-refractivity contribution in [3.63, 3.8) is 0 Å². The fraction of sp³-hybridized carbons (Fsp3) is 0.318. The minimum absolute atomic E-state index is 0. The first-order valence-corrected chi connectivity index (χ1v) is 9.68. The van der Waals surface area contributed by atoms with Crippen molar-refractivity contribution in [3.05, 3.63) is 65.9 Å². The second-order valence-electron chi connectivity index (χ2n) is 7.16. The molecular weight excluding hydrogens is 352 g/mol. The van der Waals surface area contributed by atoms with Gasteiger partial charge in [0.15, 0.2) is 0 Å². The van der Waals surface area contributed by atoms with Crippen LogP contribution in [-0.2, 0) is 11.3 Å². The van der Waals surface area contributed by atoms with E-state index in [1.54, 1.807) is 12.1 Å². The fourth-order valence-corrected chi connectivity index (χ4v) is 3.49. The lowest BCUT2D eigenvalue weighted by Gasteiger charge is -2.21. The molecule has 1 fully saturated rings. The molecule has 0 spiro atoms. The second-order valence-corrected chi connectivity index (χ2v) is 7.16. The molecule has 3 aromatic rings. The molecule has 28 heavy (non-hydrogen) atoms. The number of rotatable bonds is 5. The minimum Gasteiger partial charge on any atom is -0.376 e. The summed E-state index contributed by atoms with van der Waals surface area (Å²) in [7, 11) is 0. The lowest BCUT2D eigenvalue weighted by Crippen LogP contribution is -2.24. The van der Waals surface area contributed by atoms with Gasteiger partial charge in [0.1, 0.15) is 5.69 Å². The van der Waals surface area contributed by atoms with E-state index in [4.69, 9.17) is 4.74 Å². The maximum absolute atomic E-state index is 12.3. The highest BCUT2D eigenvalue weighted by Gasteiger charge is 2.16. The van der Waals surface area contributed by atoms with E-state index < -0.39 is 0 Å². The van der Waals surface area contributed by atoms with E-state index in [-0.39, 0.29) is 13.4 Å². The molecule has 1 aliphatic heterocycles. The molecule has 0 bridgehead atoms. The normalized spacial score (nSPS) is 16.7.